The topological polar surface area (TPSA) is 68.5 Å². The van der Waals surface area contributed by atoms with Crippen molar-refractivity contribution in [2.75, 3.05) is 13.7 Å². The molecule has 0 saturated heterocycles. The molecule has 0 aliphatic rings. The first kappa shape index (κ1) is 17.6. The van der Waals surface area contributed by atoms with Crippen LogP contribution in [0.15, 0.2) is 30.3 Å². The second kappa shape index (κ2) is 7.71. The monoisotopic (exact) mass is 345 g/mol. The van der Waals surface area contributed by atoms with E-state index in [0.29, 0.717) is 11.3 Å². The van der Waals surface area contributed by atoms with E-state index in [1.54, 1.807) is 0 Å². The van der Waals surface area contributed by atoms with E-state index in [2.05, 4.69) is 0 Å². The van der Waals surface area contributed by atoms with Crippen LogP contribution >= 0.6 is 11.6 Å². The average molecular weight is 346 g/mol. The van der Waals surface area contributed by atoms with Gasteiger partial charge in [-0.15, -0.1) is 0 Å². The van der Waals surface area contributed by atoms with Gasteiger partial charge in [0.05, 0.1) is 23.8 Å². The minimum atomic E-state index is -0.626. The van der Waals surface area contributed by atoms with Crippen LogP contribution in [0.5, 0.6) is 17.2 Å². The molecular formula is C18H16ClNO4. The van der Waals surface area contributed by atoms with Crippen LogP contribution in [-0.4, -0.2) is 19.7 Å². The molecule has 0 N–H and O–H groups in total. The molecule has 0 aliphatic heterocycles. The Morgan fingerprint density at radius 3 is 2.42 bits per heavy atom. The molecule has 0 atom stereocenters. The third-order valence-corrected chi connectivity index (χ3v) is 3.41. The van der Waals surface area contributed by atoms with Crippen LogP contribution < -0.4 is 14.2 Å². The summed E-state index contributed by atoms with van der Waals surface area (Å²) < 4.78 is 15.8. The quantitative estimate of drug-likeness (QED) is 0.608. The van der Waals surface area contributed by atoms with E-state index in [4.69, 9.17) is 31.1 Å². The van der Waals surface area contributed by atoms with Gasteiger partial charge in [0, 0.05) is 6.07 Å². The lowest BCUT2D eigenvalue weighted by Gasteiger charge is -2.12. The van der Waals surface area contributed by atoms with Crippen molar-refractivity contribution in [2.24, 2.45) is 0 Å². The number of rotatable bonds is 5. The number of nitriles is 1. The van der Waals surface area contributed by atoms with Gasteiger partial charge >= 0.3 is 5.97 Å². The normalized spacial score (nSPS) is 9.96. The number of hydrogen-bond donors (Lipinski definition) is 0. The van der Waals surface area contributed by atoms with E-state index < -0.39 is 5.97 Å². The minimum absolute atomic E-state index is 0.0622. The Morgan fingerprint density at radius 1 is 1.17 bits per heavy atom. The summed E-state index contributed by atoms with van der Waals surface area (Å²) in [6.07, 6.45) is 0. The van der Waals surface area contributed by atoms with Gasteiger partial charge < -0.3 is 14.2 Å². The van der Waals surface area contributed by atoms with Crippen LogP contribution in [0.2, 0.25) is 5.02 Å². The molecule has 0 aromatic heterocycles. The highest BCUT2D eigenvalue weighted by Gasteiger charge is 2.16. The predicted octanol–water partition coefficient (Wildman–Crippen LogP) is 3.82. The van der Waals surface area contributed by atoms with Crippen LogP contribution in [0.25, 0.3) is 0 Å². The molecule has 0 amide bonds. The number of esters is 1. The van der Waals surface area contributed by atoms with Crippen molar-refractivity contribution in [3.63, 3.8) is 0 Å². The summed E-state index contributed by atoms with van der Waals surface area (Å²) in [7, 11) is 1.40. The van der Waals surface area contributed by atoms with E-state index in [1.165, 1.54) is 19.2 Å². The van der Waals surface area contributed by atoms with E-state index in [0.717, 1.165) is 11.1 Å². The first-order valence-electron chi connectivity index (χ1n) is 7.12. The second-order valence-electron chi connectivity index (χ2n) is 5.19. The first-order valence-corrected chi connectivity index (χ1v) is 7.50. The Balaban J connectivity index is 2.08. The van der Waals surface area contributed by atoms with Crippen LogP contribution in [0.1, 0.15) is 16.7 Å². The molecule has 124 valence electrons. The van der Waals surface area contributed by atoms with Gasteiger partial charge in [-0.1, -0.05) is 17.7 Å². The number of nitrogens with zero attached hydrogens (tertiary/aromatic N) is 1. The summed E-state index contributed by atoms with van der Waals surface area (Å²) in [5, 5.41) is 9.03. The molecule has 0 saturated carbocycles. The summed E-state index contributed by atoms with van der Waals surface area (Å²) in [6, 6.07) is 10.5. The number of aryl methyl sites for hydroxylation is 2. The highest BCUT2D eigenvalue weighted by molar-refractivity contribution is 6.32. The van der Waals surface area contributed by atoms with Gasteiger partial charge in [0.15, 0.2) is 18.1 Å². The van der Waals surface area contributed by atoms with Gasteiger partial charge in [0.2, 0.25) is 0 Å². The smallest absolute Gasteiger partial charge is 0.349 e. The van der Waals surface area contributed by atoms with Crippen molar-refractivity contribution in [3.05, 3.63) is 52.0 Å². The molecule has 0 unspecified atom stereocenters. The Kier molecular flexibility index (Phi) is 5.67. The van der Waals surface area contributed by atoms with Crippen LogP contribution in [0, 0.1) is 25.2 Å². The molecule has 5 nitrogen and oxygen atoms in total. The fourth-order valence-electron chi connectivity index (χ4n) is 2.19. The number of ether oxygens (including phenoxy) is 3. The van der Waals surface area contributed by atoms with Crippen molar-refractivity contribution in [2.45, 2.75) is 13.8 Å². The zero-order valence-corrected chi connectivity index (χ0v) is 14.3. The van der Waals surface area contributed by atoms with Gasteiger partial charge in [-0.3, -0.25) is 0 Å². The zero-order valence-electron chi connectivity index (χ0n) is 13.6. The van der Waals surface area contributed by atoms with Gasteiger partial charge in [0.25, 0.3) is 0 Å². The number of methoxy groups -OCH3 is 1. The van der Waals surface area contributed by atoms with Crippen LogP contribution in [0.4, 0.5) is 0 Å². The van der Waals surface area contributed by atoms with Crippen molar-refractivity contribution >= 4 is 17.6 Å². The summed E-state index contributed by atoms with van der Waals surface area (Å²) in [6.45, 7) is 3.61. The Morgan fingerprint density at radius 2 is 1.83 bits per heavy atom. The predicted molar refractivity (Wildman–Crippen MR) is 89.8 cm³/mol. The molecule has 2 aromatic carbocycles. The van der Waals surface area contributed by atoms with Gasteiger partial charge in [-0.2, -0.15) is 5.26 Å². The molecule has 6 heteroatoms. The third-order valence-electron chi connectivity index (χ3n) is 3.13. The summed E-state index contributed by atoms with van der Waals surface area (Å²) >= 11 is 6.05. The number of benzene rings is 2. The van der Waals surface area contributed by atoms with Gasteiger partial charge in [0.1, 0.15) is 5.75 Å². The van der Waals surface area contributed by atoms with E-state index >= 15 is 0 Å². The number of hydrogen-bond acceptors (Lipinski definition) is 5. The fourth-order valence-corrected chi connectivity index (χ4v) is 2.43. The fraction of sp³-hybridized carbons (Fsp3) is 0.222. The maximum Gasteiger partial charge on any atom is 0.349 e. The third kappa shape index (κ3) is 4.40. The maximum atomic E-state index is 12.0. The molecule has 0 aliphatic carbocycles. The molecule has 0 heterocycles. The van der Waals surface area contributed by atoms with Crippen LogP contribution in [-0.2, 0) is 4.79 Å². The zero-order chi connectivity index (χ0) is 17.7. The summed E-state index contributed by atoms with van der Waals surface area (Å²) in [4.78, 5) is 12.0. The minimum Gasteiger partial charge on any atom is -0.493 e. The molecular weight excluding hydrogens is 330 g/mol. The summed E-state index contributed by atoms with van der Waals surface area (Å²) in [5.74, 6) is 0.229. The molecule has 24 heavy (non-hydrogen) atoms. The number of carbonyl (C=O) groups excluding carboxylic acids is 1. The highest BCUT2D eigenvalue weighted by atomic mass is 35.5. The lowest BCUT2D eigenvalue weighted by Crippen LogP contribution is -2.18. The molecule has 0 spiro atoms. The SMILES string of the molecule is COc1cc(C#N)cc(Cl)c1OC(=O)COc1cc(C)cc(C)c1. The van der Waals surface area contributed by atoms with Crippen molar-refractivity contribution in [1.29, 1.82) is 5.26 Å². The van der Waals surface area contributed by atoms with Gasteiger partial charge in [-0.25, -0.2) is 4.79 Å². The van der Waals surface area contributed by atoms with Crippen LogP contribution in [0.3, 0.4) is 0 Å². The van der Waals surface area contributed by atoms with E-state index in [1.807, 2.05) is 38.1 Å². The standard InChI is InChI=1S/C18H16ClNO4/c1-11-4-12(2)6-14(5-11)23-10-17(21)24-18-15(19)7-13(9-20)8-16(18)22-3/h4-8H,10H2,1-3H3. The Labute approximate surface area is 145 Å². The van der Waals surface area contributed by atoms with Gasteiger partial charge in [-0.05, 0) is 43.2 Å². The van der Waals surface area contributed by atoms with Crippen molar-refractivity contribution in [1.82, 2.24) is 0 Å². The highest BCUT2D eigenvalue weighted by Crippen LogP contribution is 2.36. The van der Waals surface area contributed by atoms with E-state index in [9.17, 15) is 4.79 Å². The average Bonchev–Trinajstić information content (AvgIpc) is 2.53. The molecule has 2 aromatic rings. The molecule has 0 fully saturated rings. The number of halogens is 1. The molecule has 0 bridgehead atoms. The van der Waals surface area contributed by atoms with Crippen molar-refractivity contribution < 1.29 is 19.0 Å². The summed E-state index contributed by atoms with van der Waals surface area (Å²) in [5.41, 5.74) is 2.38. The van der Waals surface area contributed by atoms with E-state index in [-0.39, 0.29) is 23.1 Å². The Hall–Kier alpha value is -2.71. The second-order valence-corrected chi connectivity index (χ2v) is 5.59. The molecule has 0 radical (unpaired) electrons. The largest absolute Gasteiger partial charge is 0.493 e. The molecule has 2 rings (SSSR count). The Bertz CT molecular complexity index is 791. The lowest BCUT2D eigenvalue weighted by atomic mass is 10.1. The lowest BCUT2D eigenvalue weighted by molar-refractivity contribution is -0.136. The maximum absolute atomic E-state index is 12.0. The van der Waals surface area contributed by atoms with Crippen molar-refractivity contribution in [3.8, 4) is 23.3 Å². The first-order chi connectivity index (χ1) is 11.4. The number of carbonyl (C=O) groups is 1.